The number of aliphatic carboxylic acids is 1. The molecule has 1 unspecified atom stereocenters. The maximum Gasteiger partial charge on any atom is 0.490 e. The van der Waals surface area contributed by atoms with Gasteiger partial charge in [-0.1, -0.05) is 11.6 Å². The second-order valence-corrected chi connectivity index (χ2v) is 11.2. The highest BCUT2D eigenvalue weighted by Gasteiger charge is 2.38. The number of hydrogen-bond donors (Lipinski definition) is 5. The Hall–Kier alpha value is -3.47. The van der Waals surface area contributed by atoms with E-state index >= 15 is 0 Å². The van der Waals surface area contributed by atoms with Crippen LogP contribution in [0.1, 0.15) is 17.5 Å². The lowest BCUT2D eigenvalue weighted by Gasteiger charge is -2.18. The van der Waals surface area contributed by atoms with Gasteiger partial charge < -0.3 is 20.8 Å². The molecule has 0 radical (unpaired) electrons. The van der Waals surface area contributed by atoms with E-state index in [1.54, 1.807) is 6.07 Å². The van der Waals surface area contributed by atoms with E-state index in [0.717, 1.165) is 11.3 Å². The first-order valence-corrected chi connectivity index (χ1v) is 13.1. The van der Waals surface area contributed by atoms with E-state index in [-0.39, 0.29) is 27.5 Å². The Labute approximate surface area is 222 Å². The van der Waals surface area contributed by atoms with E-state index in [1.807, 2.05) is 0 Å². The number of nitrogens with zero attached hydrogens (tertiary/aromatic N) is 2. The molecule has 3 aromatic rings. The van der Waals surface area contributed by atoms with Crippen LogP contribution in [0, 0.1) is 5.41 Å². The molecule has 1 amide bonds. The van der Waals surface area contributed by atoms with Crippen LogP contribution >= 0.6 is 22.9 Å². The zero-order valence-corrected chi connectivity index (χ0v) is 21.4. The Morgan fingerprint density at radius 3 is 2.55 bits per heavy atom. The summed E-state index contributed by atoms with van der Waals surface area (Å²) in [5, 5.41) is 25.5. The number of amides is 1. The third-order valence-electron chi connectivity index (χ3n) is 5.23. The minimum Gasteiger partial charge on any atom is -0.508 e. The van der Waals surface area contributed by atoms with Gasteiger partial charge in [0, 0.05) is 40.5 Å². The van der Waals surface area contributed by atoms with Crippen molar-refractivity contribution in [1.82, 2.24) is 14.6 Å². The van der Waals surface area contributed by atoms with Gasteiger partial charge in [-0.25, -0.2) is 18.2 Å². The SMILES string of the molecule is N=C(N)c1ccc(O)c(CN2CCC(NS(=O)(=O)c3cc4c(Cl)nccc4s3)C2=O)c1.O=C(O)C(F)(F)F. The molecule has 17 heteroatoms. The monoisotopic (exact) mass is 593 g/mol. The molecule has 6 N–H and O–H groups in total. The maximum atomic E-state index is 12.8. The summed E-state index contributed by atoms with van der Waals surface area (Å²) in [6.07, 6.45) is -3.29. The second kappa shape index (κ2) is 11.1. The predicted molar refractivity (Wildman–Crippen MR) is 132 cm³/mol. The molecule has 1 aliphatic rings. The van der Waals surface area contributed by atoms with E-state index < -0.39 is 34.1 Å². The topological polar surface area (TPSA) is 187 Å². The molecule has 3 heterocycles. The predicted octanol–water partition coefficient (Wildman–Crippen LogP) is 2.65. The molecule has 0 saturated carbocycles. The largest absolute Gasteiger partial charge is 0.508 e. The average Bonchev–Trinajstić information content (AvgIpc) is 3.41. The number of aromatic nitrogens is 1. The summed E-state index contributed by atoms with van der Waals surface area (Å²) < 4.78 is 60.6. The number of likely N-dealkylation sites (tertiary alicyclic amines) is 1. The Morgan fingerprint density at radius 1 is 1.32 bits per heavy atom. The summed E-state index contributed by atoms with van der Waals surface area (Å²) >= 11 is 7.08. The van der Waals surface area contributed by atoms with Gasteiger partial charge in [-0.2, -0.15) is 17.9 Å². The van der Waals surface area contributed by atoms with Gasteiger partial charge in [0.05, 0.1) is 0 Å². The van der Waals surface area contributed by atoms with Crippen LogP contribution in [0.2, 0.25) is 5.15 Å². The number of nitrogen functional groups attached to an aromatic ring is 1. The average molecular weight is 594 g/mol. The zero-order chi connectivity index (χ0) is 28.4. The number of carbonyl (C=O) groups excluding carboxylic acids is 1. The van der Waals surface area contributed by atoms with Crippen LogP contribution in [-0.4, -0.2) is 65.0 Å². The van der Waals surface area contributed by atoms with Gasteiger partial charge in [-0.15, -0.1) is 11.3 Å². The second-order valence-electron chi connectivity index (χ2n) is 7.86. The summed E-state index contributed by atoms with van der Waals surface area (Å²) in [7, 11) is -3.94. The molecule has 11 nitrogen and oxygen atoms in total. The number of alkyl halides is 3. The van der Waals surface area contributed by atoms with Crippen molar-refractivity contribution >= 4 is 60.8 Å². The number of amidine groups is 1. The number of thiophene rings is 1. The van der Waals surface area contributed by atoms with Crippen molar-refractivity contribution in [1.29, 1.82) is 5.41 Å². The fourth-order valence-corrected chi connectivity index (χ4v) is 6.27. The van der Waals surface area contributed by atoms with E-state index in [9.17, 15) is 31.5 Å². The quantitative estimate of drug-likeness (QED) is 0.164. The van der Waals surface area contributed by atoms with Crippen LogP contribution in [0.4, 0.5) is 13.2 Å². The summed E-state index contributed by atoms with van der Waals surface area (Å²) in [5.41, 5.74) is 6.34. The first kappa shape index (κ1) is 29.1. The van der Waals surface area contributed by atoms with Gasteiger partial charge in [-0.3, -0.25) is 10.2 Å². The first-order chi connectivity index (χ1) is 17.6. The van der Waals surface area contributed by atoms with Gasteiger partial charge in [0.1, 0.15) is 27.0 Å². The highest BCUT2D eigenvalue weighted by Crippen LogP contribution is 2.33. The van der Waals surface area contributed by atoms with Gasteiger partial charge >= 0.3 is 12.1 Å². The zero-order valence-electron chi connectivity index (χ0n) is 19.0. The Balaban J connectivity index is 0.000000505. The fraction of sp³-hybridized carbons (Fsp3) is 0.238. The number of phenols is 1. The lowest BCUT2D eigenvalue weighted by molar-refractivity contribution is -0.192. The normalized spacial score (nSPS) is 15.8. The minimum atomic E-state index is -5.08. The number of carbonyl (C=O) groups is 2. The molecule has 0 bridgehead atoms. The molecular weight excluding hydrogens is 575 g/mol. The summed E-state index contributed by atoms with van der Waals surface area (Å²) in [6, 6.07) is 6.67. The Kier molecular flexibility index (Phi) is 8.50. The van der Waals surface area contributed by atoms with E-state index in [0.29, 0.717) is 34.2 Å². The molecule has 204 valence electrons. The maximum absolute atomic E-state index is 12.8. The van der Waals surface area contributed by atoms with Gasteiger partial charge in [0.2, 0.25) is 5.91 Å². The number of hydrogen-bond acceptors (Lipinski definition) is 8. The number of pyridine rings is 1. The van der Waals surface area contributed by atoms with Crippen LogP contribution in [0.25, 0.3) is 10.1 Å². The lowest BCUT2D eigenvalue weighted by Crippen LogP contribution is -2.41. The number of carboxylic acid groups (broad SMARTS) is 1. The first-order valence-electron chi connectivity index (χ1n) is 10.4. The van der Waals surface area contributed by atoms with Crippen molar-refractivity contribution in [3.8, 4) is 5.75 Å². The molecular formula is C21H19ClF3N5O6S2. The third-order valence-corrected chi connectivity index (χ3v) is 8.57. The number of fused-ring (bicyclic) bond motifs is 1. The summed E-state index contributed by atoms with van der Waals surface area (Å²) in [5.74, 6) is -3.33. The number of rotatable bonds is 6. The van der Waals surface area contributed by atoms with Crippen molar-refractivity contribution in [2.24, 2.45) is 5.73 Å². The minimum absolute atomic E-state index is 0.0300. The lowest BCUT2D eigenvalue weighted by atomic mass is 10.1. The van der Waals surface area contributed by atoms with E-state index in [2.05, 4.69) is 9.71 Å². The summed E-state index contributed by atoms with van der Waals surface area (Å²) in [4.78, 5) is 27.1. The molecule has 4 rings (SSSR count). The number of sulfonamides is 1. The number of benzene rings is 1. The molecule has 1 aliphatic heterocycles. The number of aromatic hydroxyl groups is 1. The van der Waals surface area contributed by atoms with Crippen LogP contribution in [-0.2, 0) is 26.2 Å². The molecule has 1 aromatic carbocycles. The molecule has 2 aromatic heterocycles. The standard InChI is InChI=1S/C19H18ClN5O4S2.C2HF3O2/c20-17-12-8-16(30-15(12)3-5-23-17)31(28,29)24-13-4-6-25(19(13)27)9-11-7-10(18(21)22)1-2-14(11)26;3-2(4,5)1(6)7/h1-3,5,7-8,13,24,26H,4,6,9H2,(H3,21,22);(H,6,7). The fourth-order valence-electron chi connectivity index (χ4n) is 3.38. The summed E-state index contributed by atoms with van der Waals surface area (Å²) in [6.45, 7) is 0.395. The Morgan fingerprint density at radius 2 is 1.97 bits per heavy atom. The van der Waals surface area contributed by atoms with Crippen molar-refractivity contribution < 1.29 is 41.4 Å². The number of halogens is 4. The van der Waals surface area contributed by atoms with Gasteiger partial charge in [0.25, 0.3) is 10.0 Å². The highest BCUT2D eigenvalue weighted by atomic mass is 35.5. The van der Waals surface area contributed by atoms with Crippen molar-refractivity contribution in [2.75, 3.05) is 6.54 Å². The molecule has 38 heavy (non-hydrogen) atoms. The number of nitrogens with one attached hydrogen (secondary N) is 2. The molecule has 0 spiro atoms. The molecule has 0 aliphatic carbocycles. The smallest absolute Gasteiger partial charge is 0.490 e. The molecule has 1 atom stereocenters. The van der Waals surface area contributed by atoms with Crippen LogP contribution in [0.15, 0.2) is 40.7 Å². The van der Waals surface area contributed by atoms with Crippen molar-refractivity contribution in [3.63, 3.8) is 0 Å². The van der Waals surface area contributed by atoms with Gasteiger partial charge in [-0.05, 0) is 36.8 Å². The third kappa shape index (κ3) is 6.69. The molecule has 1 saturated heterocycles. The van der Waals surface area contributed by atoms with Crippen molar-refractivity contribution in [3.05, 3.63) is 52.8 Å². The van der Waals surface area contributed by atoms with E-state index in [4.69, 9.17) is 32.6 Å². The van der Waals surface area contributed by atoms with Crippen LogP contribution in [0.3, 0.4) is 0 Å². The number of carboxylic acids is 1. The molecule has 1 fully saturated rings. The van der Waals surface area contributed by atoms with Crippen LogP contribution in [0.5, 0.6) is 5.75 Å². The van der Waals surface area contributed by atoms with Gasteiger partial charge in [0.15, 0.2) is 0 Å². The highest BCUT2D eigenvalue weighted by molar-refractivity contribution is 7.91. The Bertz CT molecular complexity index is 1510. The van der Waals surface area contributed by atoms with E-state index in [1.165, 1.54) is 35.4 Å². The van der Waals surface area contributed by atoms with Crippen molar-refractivity contribution in [2.45, 2.75) is 29.4 Å². The van der Waals surface area contributed by atoms with Crippen LogP contribution < -0.4 is 10.5 Å². The number of nitrogens with two attached hydrogens (primary N) is 1. The number of phenolic OH excluding ortho intramolecular Hbond substituents is 1.